The van der Waals surface area contributed by atoms with Crippen LogP contribution in [0, 0.1) is 0 Å². The number of benzene rings is 1. The Bertz CT molecular complexity index is 1460. The number of fused-ring (bicyclic) bond motifs is 1. The van der Waals surface area contributed by atoms with Gasteiger partial charge in [0.15, 0.2) is 11.4 Å². The molecule has 0 radical (unpaired) electrons. The Morgan fingerprint density at radius 3 is 2.79 bits per heavy atom. The number of hydrogen-bond acceptors (Lipinski definition) is 7. The molecule has 0 aliphatic heterocycles. The molecule has 0 aliphatic rings. The van der Waals surface area contributed by atoms with Crippen molar-refractivity contribution in [3.8, 4) is 22.8 Å². The minimum absolute atomic E-state index is 0.0661. The molecule has 4 rings (SSSR count). The normalized spacial score (nSPS) is 14.2. The lowest BCUT2D eigenvalue weighted by Crippen LogP contribution is -2.19. The number of nitrogens with zero attached hydrogens (tertiary/aromatic N) is 4. The van der Waals surface area contributed by atoms with E-state index in [2.05, 4.69) is 19.8 Å². The predicted octanol–water partition coefficient (Wildman–Crippen LogP) is 4.66. The van der Waals surface area contributed by atoms with Crippen molar-refractivity contribution in [3.05, 3.63) is 66.0 Å². The van der Waals surface area contributed by atoms with Gasteiger partial charge < -0.3 is 15.2 Å². The molecule has 0 spiro atoms. The summed E-state index contributed by atoms with van der Waals surface area (Å²) in [7, 11) is -2.89. The Kier molecular flexibility index (Phi) is 5.12. The second kappa shape index (κ2) is 9.00. The fourth-order valence-electron chi connectivity index (χ4n) is 3.57. The van der Waals surface area contributed by atoms with E-state index in [9.17, 15) is 18.0 Å². The summed E-state index contributed by atoms with van der Waals surface area (Å²) in [5.74, 6) is -2.09. The summed E-state index contributed by atoms with van der Waals surface area (Å²) in [6.45, 7) is 1.56. The highest BCUT2D eigenvalue weighted by atomic mass is 19.4. The Morgan fingerprint density at radius 2 is 2.03 bits per heavy atom. The summed E-state index contributed by atoms with van der Waals surface area (Å²) in [6.07, 6.45) is -2.25. The summed E-state index contributed by atoms with van der Waals surface area (Å²) in [5.41, 5.74) is 7.09. The van der Waals surface area contributed by atoms with Crippen molar-refractivity contribution >= 4 is 17.4 Å². The molecule has 1 unspecified atom stereocenters. The number of ether oxygens (including phenoxy) is 2. The first-order chi connectivity index (χ1) is 17.3. The maximum atomic E-state index is 13.3. The molecule has 1 atom stereocenters. The van der Waals surface area contributed by atoms with Crippen LogP contribution in [0.25, 0.3) is 16.8 Å². The molecule has 34 heavy (non-hydrogen) atoms. The number of ketones is 1. The molecule has 2 N–H and O–H groups in total. The largest absolute Gasteiger partial charge is 0.573 e. The first-order valence-corrected chi connectivity index (χ1v) is 9.98. The van der Waals surface area contributed by atoms with Gasteiger partial charge in [-0.25, -0.2) is 9.50 Å². The summed E-state index contributed by atoms with van der Waals surface area (Å²) in [4.78, 5) is 21.5. The maximum absolute atomic E-state index is 13.3. The molecule has 4 aromatic rings. The average molecular weight is 474 g/mol. The van der Waals surface area contributed by atoms with E-state index in [-0.39, 0.29) is 23.5 Å². The molecule has 176 valence electrons. The minimum Gasteiger partial charge on any atom is -0.480 e. The summed E-state index contributed by atoms with van der Waals surface area (Å²) in [5, 5.41) is 3.99. The SMILES string of the molecule is [2H]C([2H])([2H])Oc1ncc(-c2ccn3nc(N)nc3c2)cc1C(=O)CC(C)c1ccccc1OC(F)(F)F. The van der Waals surface area contributed by atoms with Crippen LogP contribution < -0.4 is 15.2 Å². The highest BCUT2D eigenvalue weighted by Crippen LogP contribution is 2.34. The zero-order chi connectivity index (χ0) is 27.0. The van der Waals surface area contributed by atoms with Crippen LogP contribution in [0.5, 0.6) is 11.6 Å². The molecule has 0 fully saturated rings. The second-order valence-corrected chi connectivity index (χ2v) is 7.48. The van der Waals surface area contributed by atoms with Crippen LogP contribution in [-0.2, 0) is 0 Å². The van der Waals surface area contributed by atoms with Gasteiger partial charge in [-0.1, -0.05) is 25.1 Å². The third kappa shape index (κ3) is 4.92. The number of anilines is 1. The molecule has 0 saturated heterocycles. The predicted molar refractivity (Wildman–Crippen MR) is 118 cm³/mol. The summed E-state index contributed by atoms with van der Waals surface area (Å²) in [6, 6.07) is 10.2. The van der Waals surface area contributed by atoms with E-state index in [0.29, 0.717) is 16.8 Å². The first kappa shape index (κ1) is 19.3. The third-order valence-electron chi connectivity index (χ3n) is 5.10. The Hall–Kier alpha value is -4.15. The van der Waals surface area contributed by atoms with Crippen LogP contribution in [0.3, 0.4) is 0 Å². The lowest BCUT2D eigenvalue weighted by atomic mass is 9.92. The molecular formula is C23H20F3N5O3. The molecule has 0 amide bonds. The Morgan fingerprint density at radius 1 is 1.24 bits per heavy atom. The number of nitrogens with two attached hydrogens (primary N) is 1. The van der Waals surface area contributed by atoms with Crippen LogP contribution in [-0.4, -0.2) is 38.8 Å². The topological polar surface area (TPSA) is 105 Å². The number of alkyl halides is 3. The van der Waals surface area contributed by atoms with Gasteiger partial charge >= 0.3 is 6.36 Å². The lowest BCUT2D eigenvalue weighted by Gasteiger charge is -2.18. The number of pyridine rings is 2. The quantitative estimate of drug-likeness (QED) is 0.389. The number of rotatable bonds is 7. The van der Waals surface area contributed by atoms with Gasteiger partial charge in [0.1, 0.15) is 5.75 Å². The van der Waals surface area contributed by atoms with Crippen molar-refractivity contribution in [2.75, 3.05) is 12.8 Å². The standard InChI is InChI=1S/C23H20F3N5O3/c1-13(16-5-3-4-6-19(16)34-23(24,25)26)9-18(32)17-10-15(12-28-21(17)33-2)14-7-8-31-20(11-14)29-22(27)30-31/h3-8,10-13H,9H2,1-2H3,(H2,27,30)/i2D3. The number of hydrogen-bond donors (Lipinski definition) is 1. The van der Waals surface area contributed by atoms with Crippen LogP contribution in [0.4, 0.5) is 19.1 Å². The van der Waals surface area contributed by atoms with Crippen molar-refractivity contribution in [2.45, 2.75) is 25.6 Å². The molecular weight excluding hydrogens is 451 g/mol. The number of halogens is 3. The number of Topliss-reactive ketones (excluding diaryl/α,β-unsaturated/α-hetero) is 1. The molecule has 3 aromatic heterocycles. The molecule has 8 nitrogen and oxygen atoms in total. The molecule has 0 aliphatic carbocycles. The Balaban J connectivity index is 1.68. The van der Waals surface area contributed by atoms with Crippen molar-refractivity contribution in [1.82, 2.24) is 19.6 Å². The number of nitrogen functional groups attached to an aromatic ring is 1. The van der Waals surface area contributed by atoms with Crippen LogP contribution >= 0.6 is 0 Å². The molecule has 3 heterocycles. The van der Waals surface area contributed by atoms with Gasteiger partial charge in [0.25, 0.3) is 0 Å². The monoisotopic (exact) mass is 474 g/mol. The van der Waals surface area contributed by atoms with E-state index in [4.69, 9.17) is 14.6 Å². The number of carbonyl (C=O) groups excluding carboxylic acids is 1. The number of methoxy groups -OCH3 is 1. The molecule has 1 aromatic carbocycles. The van der Waals surface area contributed by atoms with Crippen molar-refractivity contribution in [3.63, 3.8) is 0 Å². The van der Waals surface area contributed by atoms with Crippen LogP contribution in [0.1, 0.15) is 39.3 Å². The van der Waals surface area contributed by atoms with E-state index >= 15 is 0 Å². The second-order valence-electron chi connectivity index (χ2n) is 7.48. The fourth-order valence-corrected chi connectivity index (χ4v) is 3.57. The van der Waals surface area contributed by atoms with Crippen molar-refractivity contribution in [1.29, 1.82) is 0 Å². The zero-order valence-electron chi connectivity index (χ0n) is 20.7. The minimum atomic E-state index is -4.91. The highest BCUT2D eigenvalue weighted by Gasteiger charge is 2.33. The maximum Gasteiger partial charge on any atom is 0.573 e. The van der Waals surface area contributed by atoms with Gasteiger partial charge in [-0.05, 0) is 41.3 Å². The van der Waals surface area contributed by atoms with Gasteiger partial charge in [-0.15, -0.1) is 18.3 Å². The lowest BCUT2D eigenvalue weighted by molar-refractivity contribution is -0.274. The third-order valence-corrected chi connectivity index (χ3v) is 5.10. The Labute approximate surface area is 196 Å². The van der Waals surface area contributed by atoms with Gasteiger partial charge in [0, 0.05) is 24.4 Å². The van der Waals surface area contributed by atoms with Crippen LogP contribution in [0.2, 0.25) is 0 Å². The summed E-state index contributed by atoms with van der Waals surface area (Å²) < 4.78 is 71.3. The van der Waals surface area contributed by atoms with E-state index in [1.807, 2.05) is 0 Å². The molecule has 0 saturated carbocycles. The smallest absolute Gasteiger partial charge is 0.480 e. The zero-order valence-corrected chi connectivity index (χ0v) is 17.7. The van der Waals surface area contributed by atoms with Gasteiger partial charge in [0.2, 0.25) is 11.8 Å². The van der Waals surface area contributed by atoms with Crippen molar-refractivity contribution < 1.29 is 31.6 Å². The fraction of sp³-hybridized carbons (Fsp3) is 0.217. The number of aromatic nitrogens is 4. The number of para-hydroxylation sites is 1. The number of carbonyl (C=O) groups is 1. The van der Waals surface area contributed by atoms with E-state index < -0.39 is 36.7 Å². The van der Waals surface area contributed by atoms with Crippen LogP contribution in [0.15, 0.2) is 54.9 Å². The molecule has 0 bridgehead atoms. The van der Waals surface area contributed by atoms with E-state index in [1.165, 1.54) is 35.0 Å². The van der Waals surface area contributed by atoms with Gasteiger partial charge in [-0.3, -0.25) is 4.79 Å². The summed E-state index contributed by atoms with van der Waals surface area (Å²) >= 11 is 0. The average Bonchev–Trinajstić information content (AvgIpc) is 3.16. The van der Waals surface area contributed by atoms with Crippen molar-refractivity contribution in [2.24, 2.45) is 0 Å². The molecule has 11 heteroatoms. The van der Waals surface area contributed by atoms with Gasteiger partial charge in [0.05, 0.1) is 16.7 Å². The van der Waals surface area contributed by atoms with E-state index in [0.717, 1.165) is 6.07 Å². The van der Waals surface area contributed by atoms with E-state index in [1.54, 1.807) is 25.3 Å². The first-order valence-electron chi connectivity index (χ1n) is 11.5. The highest BCUT2D eigenvalue weighted by molar-refractivity contribution is 5.99. The van der Waals surface area contributed by atoms with Gasteiger partial charge in [-0.2, -0.15) is 4.98 Å².